The lowest BCUT2D eigenvalue weighted by atomic mass is 10.1. The molecule has 0 aromatic heterocycles. The molecule has 2 N–H and O–H groups in total. The fourth-order valence-electron chi connectivity index (χ4n) is 3.41. The Morgan fingerprint density at radius 2 is 1.76 bits per heavy atom. The number of nitro benzene ring substituents is 1. The Morgan fingerprint density at radius 3 is 2.42 bits per heavy atom. The molecule has 38 heavy (non-hydrogen) atoms. The molecule has 0 bridgehead atoms. The first kappa shape index (κ1) is 26.2. The normalized spacial score (nSPS) is 14.3. The van der Waals surface area contributed by atoms with Gasteiger partial charge in [0.25, 0.3) is 23.4 Å². The molecule has 1 aliphatic heterocycles. The number of amides is 5. The molecule has 4 rings (SSSR count). The highest BCUT2D eigenvalue weighted by Crippen LogP contribution is 2.29. The van der Waals surface area contributed by atoms with Crippen molar-refractivity contribution in [2.45, 2.75) is 0 Å². The number of nitro groups is 1. The van der Waals surface area contributed by atoms with E-state index in [2.05, 4.69) is 26.6 Å². The molecule has 0 radical (unpaired) electrons. The number of ether oxygens (including phenoxy) is 1. The summed E-state index contributed by atoms with van der Waals surface area (Å²) in [5.74, 6) is -2.78. The Bertz CT molecular complexity index is 1490. The van der Waals surface area contributed by atoms with E-state index >= 15 is 0 Å². The van der Waals surface area contributed by atoms with Gasteiger partial charge in [-0.1, -0.05) is 15.9 Å². The van der Waals surface area contributed by atoms with Crippen molar-refractivity contribution in [2.24, 2.45) is 0 Å². The molecule has 1 aliphatic rings. The van der Waals surface area contributed by atoms with Crippen LogP contribution in [0, 0.1) is 15.9 Å². The number of non-ortho nitro benzene ring substituents is 1. The largest absolute Gasteiger partial charge is 0.483 e. The molecule has 0 unspecified atom stereocenters. The number of anilines is 2. The summed E-state index contributed by atoms with van der Waals surface area (Å²) in [6.07, 6.45) is 1.19. The van der Waals surface area contributed by atoms with Crippen LogP contribution in [0.1, 0.15) is 5.56 Å². The first-order valence-corrected chi connectivity index (χ1v) is 11.6. The minimum absolute atomic E-state index is 0.0136. The molecule has 0 atom stereocenters. The van der Waals surface area contributed by atoms with Crippen molar-refractivity contribution >= 4 is 62.8 Å². The molecule has 0 saturated carbocycles. The first-order chi connectivity index (χ1) is 18.1. The molecule has 1 heterocycles. The van der Waals surface area contributed by atoms with Crippen LogP contribution in [-0.4, -0.2) is 35.3 Å². The summed E-state index contributed by atoms with van der Waals surface area (Å²) in [4.78, 5) is 61.4. The average molecular weight is 583 g/mol. The maximum atomic E-state index is 13.2. The Hall–Kier alpha value is -4.91. The second kappa shape index (κ2) is 11.0. The highest BCUT2D eigenvalue weighted by molar-refractivity contribution is 9.10. The molecule has 1 fully saturated rings. The van der Waals surface area contributed by atoms with E-state index in [4.69, 9.17) is 4.74 Å². The summed E-state index contributed by atoms with van der Waals surface area (Å²) in [5.41, 5.74) is -0.0460. The van der Waals surface area contributed by atoms with Crippen LogP contribution in [0.2, 0.25) is 0 Å². The Labute approximate surface area is 222 Å². The minimum Gasteiger partial charge on any atom is -0.483 e. The zero-order valence-electron chi connectivity index (χ0n) is 19.1. The highest BCUT2D eigenvalue weighted by atomic mass is 79.9. The van der Waals surface area contributed by atoms with E-state index in [1.165, 1.54) is 54.6 Å². The van der Waals surface area contributed by atoms with Gasteiger partial charge in [0.15, 0.2) is 6.61 Å². The van der Waals surface area contributed by atoms with E-state index in [1.807, 2.05) is 0 Å². The summed E-state index contributed by atoms with van der Waals surface area (Å²) >= 11 is 3.30. The minimum atomic E-state index is -1.02. The number of nitrogens with zero attached hydrogens (tertiary/aromatic N) is 2. The van der Waals surface area contributed by atoms with Crippen molar-refractivity contribution < 1.29 is 33.2 Å². The number of benzene rings is 3. The molecule has 13 heteroatoms. The third-order valence-electron chi connectivity index (χ3n) is 5.18. The van der Waals surface area contributed by atoms with Gasteiger partial charge in [0, 0.05) is 27.9 Å². The zero-order chi connectivity index (χ0) is 27.4. The molecule has 5 amide bonds. The molecule has 11 nitrogen and oxygen atoms in total. The van der Waals surface area contributed by atoms with Gasteiger partial charge >= 0.3 is 6.03 Å². The van der Waals surface area contributed by atoms with E-state index < -0.39 is 46.7 Å². The zero-order valence-corrected chi connectivity index (χ0v) is 20.7. The summed E-state index contributed by atoms with van der Waals surface area (Å²) in [6.45, 7) is -0.442. The van der Waals surface area contributed by atoms with Gasteiger partial charge < -0.3 is 10.1 Å². The second-order valence-electron chi connectivity index (χ2n) is 7.76. The first-order valence-electron chi connectivity index (χ1n) is 10.8. The van der Waals surface area contributed by atoms with Gasteiger partial charge in [-0.25, -0.2) is 14.1 Å². The third kappa shape index (κ3) is 5.90. The lowest BCUT2D eigenvalue weighted by molar-refractivity contribution is -0.384. The Balaban J connectivity index is 1.57. The third-order valence-corrected chi connectivity index (χ3v) is 5.67. The Morgan fingerprint density at radius 1 is 1.08 bits per heavy atom. The number of hydrogen-bond donors (Lipinski definition) is 2. The van der Waals surface area contributed by atoms with Gasteiger partial charge in [0.2, 0.25) is 0 Å². The van der Waals surface area contributed by atoms with Gasteiger partial charge in [-0.2, -0.15) is 0 Å². The molecule has 192 valence electrons. The molecule has 0 spiro atoms. The number of nitrogens with one attached hydrogen (secondary N) is 2. The second-order valence-corrected chi connectivity index (χ2v) is 8.67. The lowest BCUT2D eigenvalue weighted by Gasteiger charge is -2.26. The number of imide groups is 2. The molecule has 3 aromatic carbocycles. The summed E-state index contributed by atoms with van der Waals surface area (Å²) < 4.78 is 19.2. The van der Waals surface area contributed by atoms with Crippen molar-refractivity contribution in [3.63, 3.8) is 0 Å². The van der Waals surface area contributed by atoms with E-state index in [9.17, 15) is 33.7 Å². The van der Waals surface area contributed by atoms with Gasteiger partial charge in [-0.15, -0.1) is 0 Å². The molecular formula is C25H16BrFN4O7. The van der Waals surface area contributed by atoms with E-state index in [0.717, 1.165) is 12.1 Å². The summed E-state index contributed by atoms with van der Waals surface area (Å²) in [5, 5.41) is 15.5. The summed E-state index contributed by atoms with van der Waals surface area (Å²) in [6, 6.07) is 13.4. The van der Waals surface area contributed by atoms with Crippen molar-refractivity contribution in [3.8, 4) is 5.75 Å². The monoisotopic (exact) mass is 582 g/mol. The standard InChI is InChI=1S/C25H16BrFN4O7/c26-15-1-10-21(38-13-22(32)28-17-4-2-16(27)3-5-17)14(11-15)12-20-23(33)29-25(35)30(24(20)34)18-6-8-19(9-7-18)31(36)37/h1-12H,13H2,(H,28,32)(H,29,33,35)/b20-12-. The average Bonchev–Trinajstić information content (AvgIpc) is 2.87. The Kier molecular flexibility index (Phi) is 7.58. The van der Waals surface area contributed by atoms with Crippen LogP contribution < -0.4 is 20.3 Å². The predicted molar refractivity (Wildman–Crippen MR) is 137 cm³/mol. The van der Waals surface area contributed by atoms with Gasteiger partial charge in [0.1, 0.15) is 17.1 Å². The van der Waals surface area contributed by atoms with Crippen LogP contribution in [0.25, 0.3) is 6.08 Å². The van der Waals surface area contributed by atoms with Crippen molar-refractivity contribution in [3.05, 3.63) is 98.3 Å². The lowest BCUT2D eigenvalue weighted by Crippen LogP contribution is -2.54. The highest BCUT2D eigenvalue weighted by Gasteiger charge is 2.37. The van der Waals surface area contributed by atoms with Crippen LogP contribution >= 0.6 is 15.9 Å². The number of carbonyl (C=O) groups is 4. The number of carbonyl (C=O) groups excluding carboxylic acids is 4. The smallest absolute Gasteiger partial charge is 0.335 e. The number of urea groups is 1. The van der Waals surface area contributed by atoms with Crippen LogP contribution in [0.15, 0.2) is 76.8 Å². The quantitative estimate of drug-likeness (QED) is 0.184. The fraction of sp³-hybridized carbons (Fsp3) is 0.0400. The van der Waals surface area contributed by atoms with E-state index in [-0.39, 0.29) is 22.7 Å². The van der Waals surface area contributed by atoms with Gasteiger partial charge in [0.05, 0.1) is 10.6 Å². The number of rotatable bonds is 7. The fourth-order valence-corrected chi connectivity index (χ4v) is 3.79. The van der Waals surface area contributed by atoms with E-state index in [0.29, 0.717) is 15.1 Å². The van der Waals surface area contributed by atoms with Gasteiger partial charge in [-0.3, -0.25) is 29.8 Å². The number of hydrogen-bond acceptors (Lipinski definition) is 7. The number of barbiturate groups is 1. The summed E-state index contributed by atoms with van der Waals surface area (Å²) in [7, 11) is 0. The van der Waals surface area contributed by atoms with Crippen molar-refractivity contribution in [1.29, 1.82) is 0 Å². The topological polar surface area (TPSA) is 148 Å². The molecule has 1 saturated heterocycles. The molecular weight excluding hydrogens is 567 g/mol. The van der Waals surface area contributed by atoms with Crippen molar-refractivity contribution in [2.75, 3.05) is 16.8 Å². The predicted octanol–water partition coefficient (Wildman–Crippen LogP) is 4.18. The van der Waals surface area contributed by atoms with E-state index in [1.54, 1.807) is 6.07 Å². The van der Waals surface area contributed by atoms with Crippen LogP contribution in [0.4, 0.5) is 26.2 Å². The van der Waals surface area contributed by atoms with Crippen LogP contribution in [0.3, 0.4) is 0 Å². The molecule has 0 aliphatic carbocycles. The number of halogens is 2. The maximum Gasteiger partial charge on any atom is 0.335 e. The maximum absolute atomic E-state index is 13.2. The van der Waals surface area contributed by atoms with Crippen molar-refractivity contribution in [1.82, 2.24) is 5.32 Å². The molecule has 3 aromatic rings. The van der Waals surface area contributed by atoms with Crippen LogP contribution in [0.5, 0.6) is 5.75 Å². The SMILES string of the molecule is O=C(COc1ccc(Br)cc1/C=C1/C(=O)NC(=O)N(c2ccc([N+](=O)[O-])cc2)C1=O)Nc1ccc(F)cc1. The van der Waals surface area contributed by atoms with Gasteiger partial charge in [-0.05, 0) is 60.7 Å². The van der Waals surface area contributed by atoms with Crippen LogP contribution in [-0.2, 0) is 14.4 Å².